The van der Waals surface area contributed by atoms with Crippen molar-refractivity contribution in [2.75, 3.05) is 13.1 Å². The van der Waals surface area contributed by atoms with E-state index in [-0.39, 0.29) is 0 Å². The Balaban J connectivity index is 2.17. The maximum Gasteiger partial charge on any atom is 0.0452 e. The van der Waals surface area contributed by atoms with Crippen molar-refractivity contribution in [3.63, 3.8) is 0 Å². The average Bonchev–Trinajstić information content (AvgIpc) is 2.00. The third-order valence-electron chi connectivity index (χ3n) is 2.42. The summed E-state index contributed by atoms with van der Waals surface area (Å²) in [7, 11) is 0. The third-order valence-corrected chi connectivity index (χ3v) is 3.13. The van der Waals surface area contributed by atoms with Gasteiger partial charge in [0.2, 0.25) is 0 Å². The number of nitrogens with one attached hydrogen (secondary N) is 1. The van der Waals surface area contributed by atoms with Gasteiger partial charge in [-0.1, -0.05) is 29.3 Å². The first kappa shape index (κ1) is 9.32. The second-order valence-electron chi connectivity index (χ2n) is 3.43. The molecule has 1 heterocycles. The summed E-state index contributed by atoms with van der Waals surface area (Å²) in [6.45, 7) is 2.17. The highest BCUT2D eigenvalue weighted by molar-refractivity contribution is 6.35. The van der Waals surface area contributed by atoms with E-state index in [1.165, 1.54) is 0 Å². The summed E-state index contributed by atoms with van der Waals surface area (Å²) in [4.78, 5) is 0. The normalized spacial score (nSPS) is 17.1. The first-order valence-corrected chi connectivity index (χ1v) is 5.16. The van der Waals surface area contributed by atoms with E-state index in [9.17, 15) is 0 Å². The van der Waals surface area contributed by atoms with Gasteiger partial charge in [0.25, 0.3) is 0 Å². The summed E-state index contributed by atoms with van der Waals surface area (Å²) in [6, 6.07) is 5.68. The van der Waals surface area contributed by atoms with E-state index in [0.29, 0.717) is 5.92 Å². The Morgan fingerprint density at radius 2 is 1.85 bits per heavy atom. The van der Waals surface area contributed by atoms with Gasteiger partial charge in [0.1, 0.15) is 0 Å². The molecule has 1 aliphatic rings. The van der Waals surface area contributed by atoms with Crippen molar-refractivity contribution in [3.8, 4) is 0 Å². The first-order chi connectivity index (χ1) is 6.27. The maximum atomic E-state index is 6.05. The maximum absolute atomic E-state index is 6.05. The first-order valence-electron chi connectivity index (χ1n) is 4.41. The lowest BCUT2D eigenvalue weighted by molar-refractivity contribution is 0.346. The molecule has 2 rings (SSSR count). The van der Waals surface area contributed by atoms with E-state index in [2.05, 4.69) is 5.32 Å². The lowest BCUT2D eigenvalue weighted by atomic mass is 9.94. The van der Waals surface area contributed by atoms with Crippen LogP contribution in [0, 0.1) is 5.92 Å². The molecule has 70 valence electrons. The largest absolute Gasteiger partial charge is 0.316 e. The van der Waals surface area contributed by atoms with Gasteiger partial charge in [-0.05, 0) is 43.1 Å². The SMILES string of the molecule is Clc1cccc(Cl)c1CC1CNC1. The van der Waals surface area contributed by atoms with Gasteiger partial charge in [0, 0.05) is 10.0 Å². The fourth-order valence-electron chi connectivity index (χ4n) is 1.51. The molecule has 0 bridgehead atoms. The monoisotopic (exact) mass is 215 g/mol. The van der Waals surface area contributed by atoms with Crippen LogP contribution >= 0.6 is 23.2 Å². The molecule has 0 aromatic heterocycles. The van der Waals surface area contributed by atoms with Gasteiger partial charge in [0.05, 0.1) is 0 Å². The van der Waals surface area contributed by atoms with Crippen molar-refractivity contribution in [1.82, 2.24) is 5.32 Å². The summed E-state index contributed by atoms with van der Waals surface area (Å²) in [5.74, 6) is 0.706. The zero-order valence-corrected chi connectivity index (χ0v) is 8.70. The van der Waals surface area contributed by atoms with Crippen molar-refractivity contribution in [3.05, 3.63) is 33.8 Å². The van der Waals surface area contributed by atoms with Crippen LogP contribution in [-0.4, -0.2) is 13.1 Å². The molecule has 1 nitrogen and oxygen atoms in total. The molecule has 1 fully saturated rings. The fraction of sp³-hybridized carbons (Fsp3) is 0.400. The fourth-order valence-corrected chi connectivity index (χ4v) is 2.06. The van der Waals surface area contributed by atoms with E-state index in [1.807, 2.05) is 18.2 Å². The van der Waals surface area contributed by atoms with E-state index in [1.54, 1.807) is 0 Å². The number of rotatable bonds is 2. The molecule has 0 atom stereocenters. The van der Waals surface area contributed by atoms with Crippen LogP contribution in [-0.2, 0) is 6.42 Å². The van der Waals surface area contributed by atoms with E-state index < -0.39 is 0 Å². The molecular formula is C10H11Cl2N. The van der Waals surface area contributed by atoms with Crippen molar-refractivity contribution < 1.29 is 0 Å². The van der Waals surface area contributed by atoms with Gasteiger partial charge in [-0.25, -0.2) is 0 Å². The Kier molecular flexibility index (Phi) is 2.77. The third kappa shape index (κ3) is 1.98. The minimum atomic E-state index is 0.706. The van der Waals surface area contributed by atoms with Crippen molar-refractivity contribution in [1.29, 1.82) is 0 Å². The Morgan fingerprint density at radius 3 is 2.31 bits per heavy atom. The van der Waals surface area contributed by atoms with E-state index in [0.717, 1.165) is 35.1 Å². The molecule has 0 spiro atoms. The number of benzene rings is 1. The molecule has 13 heavy (non-hydrogen) atoms. The lowest BCUT2D eigenvalue weighted by Gasteiger charge is -2.27. The van der Waals surface area contributed by atoms with Gasteiger partial charge in [-0.3, -0.25) is 0 Å². The predicted molar refractivity (Wildman–Crippen MR) is 56.5 cm³/mol. The number of hydrogen-bond donors (Lipinski definition) is 1. The zero-order valence-electron chi connectivity index (χ0n) is 7.19. The standard InChI is InChI=1S/C10H11Cl2N/c11-9-2-1-3-10(12)8(9)4-7-5-13-6-7/h1-3,7,13H,4-6H2. The van der Waals surface area contributed by atoms with Crippen LogP contribution in [0.15, 0.2) is 18.2 Å². The van der Waals surface area contributed by atoms with Gasteiger partial charge in [-0.2, -0.15) is 0 Å². The quantitative estimate of drug-likeness (QED) is 0.801. The molecule has 0 aliphatic carbocycles. The minimum absolute atomic E-state index is 0.706. The van der Waals surface area contributed by atoms with Gasteiger partial charge < -0.3 is 5.32 Å². The van der Waals surface area contributed by atoms with Crippen molar-refractivity contribution in [2.45, 2.75) is 6.42 Å². The van der Waals surface area contributed by atoms with Crippen LogP contribution in [0.1, 0.15) is 5.56 Å². The van der Waals surface area contributed by atoms with Crippen LogP contribution < -0.4 is 5.32 Å². The Bertz CT molecular complexity index is 288. The van der Waals surface area contributed by atoms with Crippen LogP contribution in [0.2, 0.25) is 10.0 Å². The second-order valence-corrected chi connectivity index (χ2v) is 4.24. The smallest absolute Gasteiger partial charge is 0.0452 e. The molecule has 1 saturated heterocycles. The molecule has 0 radical (unpaired) electrons. The minimum Gasteiger partial charge on any atom is -0.316 e. The molecule has 1 aliphatic heterocycles. The summed E-state index contributed by atoms with van der Waals surface area (Å²) in [5.41, 5.74) is 1.09. The Labute approximate surface area is 88.0 Å². The Morgan fingerprint density at radius 1 is 1.23 bits per heavy atom. The molecule has 1 aromatic carbocycles. The van der Waals surface area contributed by atoms with Crippen molar-refractivity contribution in [2.24, 2.45) is 5.92 Å². The molecule has 1 N–H and O–H groups in total. The topological polar surface area (TPSA) is 12.0 Å². The van der Waals surface area contributed by atoms with Crippen LogP contribution in [0.3, 0.4) is 0 Å². The van der Waals surface area contributed by atoms with E-state index >= 15 is 0 Å². The van der Waals surface area contributed by atoms with Crippen LogP contribution in [0.25, 0.3) is 0 Å². The summed E-state index contributed by atoms with van der Waals surface area (Å²) >= 11 is 12.1. The molecule has 3 heteroatoms. The molecular weight excluding hydrogens is 205 g/mol. The molecule has 0 unspecified atom stereocenters. The highest BCUT2D eigenvalue weighted by Crippen LogP contribution is 2.27. The van der Waals surface area contributed by atoms with Crippen molar-refractivity contribution >= 4 is 23.2 Å². The number of halogens is 2. The van der Waals surface area contributed by atoms with Crippen LogP contribution in [0.5, 0.6) is 0 Å². The molecule has 0 amide bonds. The van der Waals surface area contributed by atoms with E-state index in [4.69, 9.17) is 23.2 Å². The highest BCUT2D eigenvalue weighted by Gasteiger charge is 2.19. The Hall–Kier alpha value is -0.240. The summed E-state index contributed by atoms with van der Waals surface area (Å²) < 4.78 is 0. The number of hydrogen-bond acceptors (Lipinski definition) is 1. The van der Waals surface area contributed by atoms with Gasteiger partial charge >= 0.3 is 0 Å². The highest BCUT2D eigenvalue weighted by atomic mass is 35.5. The predicted octanol–water partition coefficient (Wildman–Crippen LogP) is 2.76. The average molecular weight is 216 g/mol. The molecule has 0 saturated carbocycles. The summed E-state index contributed by atoms with van der Waals surface area (Å²) in [5, 5.41) is 4.82. The van der Waals surface area contributed by atoms with Gasteiger partial charge in [0.15, 0.2) is 0 Å². The van der Waals surface area contributed by atoms with Gasteiger partial charge in [-0.15, -0.1) is 0 Å². The second kappa shape index (κ2) is 3.87. The molecule has 1 aromatic rings. The van der Waals surface area contributed by atoms with Crippen LogP contribution in [0.4, 0.5) is 0 Å². The lowest BCUT2D eigenvalue weighted by Crippen LogP contribution is -2.43. The zero-order chi connectivity index (χ0) is 9.26. The summed E-state index contributed by atoms with van der Waals surface area (Å²) in [6.07, 6.45) is 0.992.